The Bertz CT molecular complexity index is 577. The van der Waals surface area contributed by atoms with E-state index in [4.69, 9.17) is 16.3 Å². The maximum absolute atomic E-state index is 12.7. The molecule has 4 nitrogen and oxygen atoms in total. The van der Waals surface area contributed by atoms with Gasteiger partial charge in [-0.3, -0.25) is 0 Å². The second-order valence-corrected chi connectivity index (χ2v) is 3.82. The van der Waals surface area contributed by atoms with Crippen molar-refractivity contribution in [3.8, 4) is 6.01 Å². The Morgan fingerprint density at radius 3 is 2.58 bits per heavy atom. The van der Waals surface area contributed by atoms with E-state index in [2.05, 4.69) is 15.0 Å². The van der Waals surface area contributed by atoms with Crippen molar-refractivity contribution in [2.24, 2.45) is 0 Å². The van der Waals surface area contributed by atoms with Crippen LogP contribution in [0.15, 0.2) is 30.6 Å². The first-order valence-corrected chi connectivity index (χ1v) is 5.47. The molecule has 0 spiro atoms. The highest BCUT2D eigenvalue weighted by atomic mass is 35.5. The SMILES string of the molecule is FC(F)(F)c1ccccc1COc1ncnc(Cl)n1. The zero-order chi connectivity index (χ0) is 13.9. The van der Waals surface area contributed by atoms with Gasteiger partial charge in [0.25, 0.3) is 0 Å². The molecule has 1 aromatic carbocycles. The molecule has 1 aromatic heterocycles. The molecule has 0 saturated heterocycles. The molecule has 2 aromatic rings. The highest BCUT2D eigenvalue weighted by Crippen LogP contribution is 2.32. The van der Waals surface area contributed by atoms with Gasteiger partial charge in [0.15, 0.2) is 0 Å². The van der Waals surface area contributed by atoms with Gasteiger partial charge in [0.1, 0.15) is 12.9 Å². The topological polar surface area (TPSA) is 47.9 Å². The van der Waals surface area contributed by atoms with Gasteiger partial charge in [-0.1, -0.05) is 18.2 Å². The number of aromatic nitrogens is 3. The average Bonchev–Trinajstić information content (AvgIpc) is 2.36. The van der Waals surface area contributed by atoms with Gasteiger partial charge in [-0.05, 0) is 17.7 Å². The van der Waals surface area contributed by atoms with Gasteiger partial charge >= 0.3 is 12.2 Å². The lowest BCUT2D eigenvalue weighted by Crippen LogP contribution is -2.11. The van der Waals surface area contributed by atoms with Crippen molar-refractivity contribution in [1.29, 1.82) is 0 Å². The van der Waals surface area contributed by atoms with Crippen LogP contribution in [0.1, 0.15) is 11.1 Å². The van der Waals surface area contributed by atoms with Gasteiger partial charge in [0.2, 0.25) is 5.28 Å². The Morgan fingerprint density at radius 2 is 1.89 bits per heavy atom. The maximum atomic E-state index is 12.7. The van der Waals surface area contributed by atoms with Crippen LogP contribution in [0.25, 0.3) is 0 Å². The highest BCUT2D eigenvalue weighted by molar-refractivity contribution is 6.28. The molecule has 1 heterocycles. The minimum atomic E-state index is -4.43. The van der Waals surface area contributed by atoms with Crippen LogP contribution in [0, 0.1) is 0 Å². The zero-order valence-corrected chi connectivity index (χ0v) is 10.1. The van der Waals surface area contributed by atoms with Crippen LogP contribution in [0.4, 0.5) is 13.2 Å². The first-order chi connectivity index (χ1) is 8.97. The Kier molecular flexibility index (Phi) is 3.84. The molecular weight excluding hydrogens is 283 g/mol. The monoisotopic (exact) mass is 289 g/mol. The minimum Gasteiger partial charge on any atom is -0.458 e. The van der Waals surface area contributed by atoms with Gasteiger partial charge in [0.05, 0.1) is 5.56 Å². The van der Waals surface area contributed by atoms with Gasteiger partial charge in [-0.25, -0.2) is 4.98 Å². The number of rotatable bonds is 3. The molecule has 100 valence electrons. The number of hydrogen-bond acceptors (Lipinski definition) is 4. The Labute approximate surface area is 111 Å². The summed E-state index contributed by atoms with van der Waals surface area (Å²) in [6.07, 6.45) is -3.32. The highest BCUT2D eigenvalue weighted by Gasteiger charge is 2.33. The lowest BCUT2D eigenvalue weighted by Gasteiger charge is -2.12. The van der Waals surface area contributed by atoms with E-state index in [9.17, 15) is 13.2 Å². The molecule has 19 heavy (non-hydrogen) atoms. The van der Waals surface area contributed by atoms with Crippen molar-refractivity contribution in [1.82, 2.24) is 15.0 Å². The van der Waals surface area contributed by atoms with E-state index in [0.717, 1.165) is 12.4 Å². The number of hydrogen-bond donors (Lipinski definition) is 0. The van der Waals surface area contributed by atoms with E-state index < -0.39 is 11.7 Å². The summed E-state index contributed by atoms with van der Waals surface area (Å²) < 4.78 is 43.2. The standard InChI is InChI=1S/C11H7ClF3N3O/c12-9-16-6-17-10(18-9)19-5-7-3-1-2-4-8(7)11(13,14)15/h1-4,6H,5H2. The normalized spacial score (nSPS) is 11.4. The number of halogens is 4. The van der Waals surface area contributed by atoms with E-state index in [0.29, 0.717) is 0 Å². The van der Waals surface area contributed by atoms with Crippen LogP contribution in [0.3, 0.4) is 0 Å². The second kappa shape index (κ2) is 5.40. The molecule has 0 aliphatic rings. The molecule has 0 amide bonds. The molecular formula is C11H7ClF3N3O. The van der Waals surface area contributed by atoms with E-state index in [1.54, 1.807) is 0 Å². The van der Waals surface area contributed by atoms with E-state index in [1.807, 2.05) is 0 Å². The summed E-state index contributed by atoms with van der Waals surface area (Å²) in [6.45, 7) is -0.309. The summed E-state index contributed by atoms with van der Waals surface area (Å²) in [7, 11) is 0. The molecule has 0 bridgehead atoms. The molecule has 0 saturated carbocycles. The summed E-state index contributed by atoms with van der Waals surface area (Å²) in [5.41, 5.74) is -0.762. The average molecular weight is 290 g/mol. The van der Waals surface area contributed by atoms with Crippen molar-refractivity contribution < 1.29 is 17.9 Å². The third-order valence-electron chi connectivity index (χ3n) is 2.20. The fourth-order valence-corrected chi connectivity index (χ4v) is 1.51. The van der Waals surface area contributed by atoms with Crippen LogP contribution < -0.4 is 4.74 Å². The van der Waals surface area contributed by atoms with E-state index in [1.165, 1.54) is 18.2 Å². The Hall–Kier alpha value is -1.89. The van der Waals surface area contributed by atoms with Gasteiger partial charge in [-0.2, -0.15) is 23.1 Å². The van der Waals surface area contributed by atoms with Crippen LogP contribution >= 0.6 is 11.6 Å². The molecule has 0 radical (unpaired) electrons. The number of ether oxygens (including phenoxy) is 1. The Balaban J connectivity index is 2.16. The zero-order valence-electron chi connectivity index (χ0n) is 9.36. The van der Waals surface area contributed by atoms with E-state index in [-0.39, 0.29) is 23.5 Å². The minimum absolute atomic E-state index is 0.00784. The predicted octanol–water partition coefficient (Wildman–Crippen LogP) is 3.12. The molecule has 0 aliphatic heterocycles. The van der Waals surface area contributed by atoms with E-state index >= 15 is 0 Å². The van der Waals surface area contributed by atoms with Gasteiger partial charge in [0, 0.05) is 5.56 Å². The summed E-state index contributed by atoms with van der Waals surface area (Å²) >= 11 is 5.51. The molecule has 2 rings (SSSR count). The fourth-order valence-electron chi connectivity index (χ4n) is 1.40. The largest absolute Gasteiger partial charge is 0.458 e. The lowest BCUT2D eigenvalue weighted by atomic mass is 10.1. The van der Waals surface area contributed by atoms with Crippen molar-refractivity contribution in [2.45, 2.75) is 12.8 Å². The molecule has 0 unspecified atom stereocenters. The predicted molar refractivity (Wildman–Crippen MR) is 60.6 cm³/mol. The number of benzene rings is 1. The number of nitrogens with zero attached hydrogens (tertiary/aromatic N) is 3. The summed E-state index contributed by atoms with van der Waals surface area (Å²) in [6, 6.07) is 4.99. The molecule has 0 aliphatic carbocycles. The van der Waals surface area contributed by atoms with Crippen molar-refractivity contribution in [2.75, 3.05) is 0 Å². The van der Waals surface area contributed by atoms with Gasteiger partial charge in [-0.15, -0.1) is 0 Å². The van der Waals surface area contributed by atoms with Crippen molar-refractivity contribution >= 4 is 11.6 Å². The third-order valence-corrected chi connectivity index (χ3v) is 2.38. The maximum Gasteiger partial charge on any atom is 0.416 e. The lowest BCUT2D eigenvalue weighted by molar-refractivity contribution is -0.138. The smallest absolute Gasteiger partial charge is 0.416 e. The van der Waals surface area contributed by atoms with Gasteiger partial charge < -0.3 is 4.74 Å². The molecule has 0 atom stereocenters. The first-order valence-electron chi connectivity index (χ1n) is 5.09. The van der Waals surface area contributed by atoms with Crippen LogP contribution in [0.5, 0.6) is 6.01 Å². The third kappa shape index (κ3) is 3.54. The van der Waals surface area contributed by atoms with Crippen LogP contribution in [-0.4, -0.2) is 15.0 Å². The quantitative estimate of drug-likeness (QED) is 0.871. The first kappa shape index (κ1) is 13.5. The van der Waals surface area contributed by atoms with Crippen LogP contribution in [-0.2, 0) is 12.8 Å². The van der Waals surface area contributed by atoms with Crippen LogP contribution in [0.2, 0.25) is 5.28 Å². The van der Waals surface area contributed by atoms with Crippen molar-refractivity contribution in [3.63, 3.8) is 0 Å². The molecule has 0 fully saturated rings. The fraction of sp³-hybridized carbons (Fsp3) is 0.182. The Morgan fingerprint density at radius 1 is 1.16 bits per heavy atom. The number of alkyl halides is 3. The van der Waals surface area contributed by atoms with Crippen molar-refractivity contribution in [3.05, 3.63) is 47.0 Å². The molecule has 0 N–H and O–H groups in total. The molecule has 8 heteroatoms. The summed E-state index contributed by atoms with van der Waals surface area (Å²) in [4.78, 5) is 10.8. The second-order valence-electron chi connectivity index (χ2n) is 3.48. The summed E-state index contributed by atoms with van der Waals surface area (Å²) in [5.74, 6) is 0. The summed E-state index contributed by atoms with van der Waals surface area (Å²) in [5, 5.41) is -0.0888.